The summed E-state index contributed by atoms with van der Waals surface area (Å²) in [6.45, 7) is 6.27. The lowest BCUT2D eigenvalue weighted by Crippen LogP contribution is -2.01. The lowest BCUT2D eigenvalue weighted by molar-refractivity contribution is 0.322. The standard InChI is InChI=1S/C16H19FN2O/c1-4-20-16-9-15(14(18)8-13(16)17)19-12-6-10(2)5-11(3)7-12/h5-9,19H,4,18H2,1-3H3. The van der Waals surface area contributed by atoms with Crippen LogP contribution in [0.2, 0.25) is 0 Å². The minimum atomic E-state index is -0.449. The third-order valence-electron chi connectivity index (χ3n) is 2.90. The smallest absolute Gasteiger partial charge is 0.167 e. The van der Waals surface area contributed by atoms with Crippen LogP contribution >= 0.6 is 0 Å². The molecule has 0 saturated carbocycles. The van der Waals surface area contributed by atoms with Crippen LogP contribution in [0.5, 0.6) is 5.75 Å². The number of anilines is 3. The van der Waals surface area contributed by atoms with Crippen LogP contribution in [0.1, 0.15) is 18.1 Å². The molecule has 106 valence electrons. The molecule has 0 aliphatic heterocycles. The van der Waals surface area contributed by atoms with E-state index in [1.807, 2.05) is 32.9 Å². The lowest BCUT2D eigenvalue weighted by Gasteiger charge is -2.13. The highest BCUT2D eigenvalue weighted by molar-refractivity contribution is 5.74. The Morgan fingerprint density at radius 1 is 1.10 bits per heavy atom. The molecule has 0 aromatic heterocycles. The highest BCUT2D eigenvalue weighted by Gasteiger charge is 2.09. The van der Waals surface area contributed by atoms with E-state index in [4.69, 9.17) is 10.5 Å². The molecule has 0 spiro atoms. The second-order valence-electron chi connectivity index (χ2n) is 4.80. The Bertz CT molecular complexity index is 606. The number of hydrogen-bond acceptors (Lipinski definition) is 3. The van der Waals surface area contributed by atoms with E-state index in [9.17, 15) is 4.39 Å². The Morgan fingerprint density at radius 3 is 2.35 bits per heavy atom. The molecule has 3 N–H and O–H groups in total. The van der Waals surface area contributed by atoms with E-state index >= 15 is 0 Å². The minimum Gasteiger partial charge on any atom is -0.491 e. The molecule has 2 aromatic carbocycles. The van der Waals surface area contributed by atoms with Gasteiger partial charge >= 0.3 is 0 Å². The quantitative estimate of drug-likeness (QED) is 0.823. The first kappa shape index (κ1) is 14.2. The molecule has 0 fully saturated rings. The van der Waals surface area contributed by atoms with Gasteiger partial charge in [-0.05, 0) is 44.0 Å². The zero-order valence-corrected chi connectivity index (χ0v) is 12.0. The molecule has 0 bridgehead atoms. The van der Waals surface area contributed by atoms with E-state index in [2.05, 4.69) is 11.4 Å². The fraction of sp³-hybridized carbons (Fsp3) is 0.250. The topological polar surface area (TPSA) is 47.3 Å². The second kappa shape index (κ2) is 5.82. The first-order valence-electron chi connectivity index (χ1n) is 6.56. The first-order chi connectivity index (χ1) is 9.49. The summed E-state index contributed by atoms with van der Waals surface area (Å²) in [7, 11) is 0. The van der Waals surface area contributed by atoms with Gasteiger partial charge in [0.15, 0.2) is 11.6 Å². The molecule has 3 nitrogen and oxygen atoms in total. The van der Waals surface area contributed by atoms with Gasteiger partial charge < -0.3 is 15.8 Å². The molecule has 0 aliphatic rings. The number of aryl methyl sites for hydroxylation is 2. The molecule has 0 aliphatic carbocycles. The molecule has 0 heterocycles. The highest BCUT2D eigenvalue weighted by atomic mass is 19.1. The summed E-state index contributed by atoms with van der Waals surface area (Å²) in [6.07, 6.45) is 0. The van der Waals surface area contributed by atoms with Crippen LogP contribution in [-0.4, -0.2) is 6.61 Å². The molecule has 0 radical (unpaired) electrons. The van der Waals surface area contributed by atoms with Gasteiger partial charge in [-0.1, -0.05) is 6.07 Å². The van der Waals surface area contributed by atoms with Crippen molar-refractivity contribution in [3.05, 3.63) is 47.3 Å². The first-order valence-corrected chi connectivity index (χ1v) is 6.56. The van der Waals surface area contributed by atoms with Gasteiger partial charge in [-0.3, -0.25) is 0 Å². The largest absolute Gasteiger partial charge is 0.491 e. The van der Waals surface area contributed by atoms with Crippen LogP contribution in [-0.2, 0) is 0 Å². The third kappa shape index (κ3) is 3.20. The summed E-state index contributed by atoms with van der Waals surface area (Å²) in [4.78, 5) is 0. The fourth-order valence-electron chi connectivity index (χ4n) is 2.15. The van der Waals surface area contributed by atoms with Crippen molar-refractivity contribution in [3.8, 4) is 5.75 Å². The molecule has 0 saturated heterocycles. The Labute approximate surface area is 118 Å². The summed E-state index contributed by atoms with van der Waals surface area (Å²) in [5, 5.41) is 3.21. The summed E-state index contributed by atoms with van der Waals surface area (Å²) in [5.41, 5.74) is 10.1. The predicted molar refractivity (Wildman–Crippen MR) is 81.2 cm³/mol. The number of rotatable bonds is 4. The molecular formula is C16H19FN2O. The van der Waals surface area contributed by atoms with E-state index in [0.29, 0.717) is 18.0 Å². The highest BCUT2D eigenvalue weighted by Crippen LogP contribution is 2.31. The van der Waals surface area contributed by atoms with Crippen molar-refractivity contribution >= 4 is 17.1 Å². The molecule has 0 amide bonds. The lowest BCUT2D eigenvalue weighted by atomic mass is 10.1. The maximum atomic E-state index is 13.7. The van der Waals surface area contributed by atoms with E-state index in [-0.39, 0.29) is 5.75 Å². The molecule has 2 aromatic rings. The maximum Gasteiger partial charge on any atom is 0.167 e. The third-order valence-corrected chi connectivity index (χ3v) is 2.90. The Balaban J connectivity index is 2.34. The molecule has 0 atom stereocenters. The van der Waals surface area contributed by atoms with Gasteiger partial charge in [0.25, 0.3) is 0 Å². The van der Waals surface area contributed by atoms with E-state index in [1.165, 1.54) is 6.07 Å². The average Bonchev–Trinajstić information content (AvgIpc) is 2.34. The minimum absolute atomic E-state index is 0.202. The Hall–Kier alpha value is -2.23. The van der Waals surface area contributed by atoms with Crippen molar-refractivity contribution in [2.24, 2.45) is 0 Å². The number of nitrogens with one attached hydrogen (secondary N) is 1. The number of nitrogens with two attached hydrogens (primary N) is 1. The van der Waals surface area contributed by atoms with Crippen LogP contribution in [0.4, 0.5) is 21.5 Å². The zero-order valence-electron chi connectivity index (χ0n) is 12.0. The van der Waals surface area contributed by atoms with Gasteiger partial charge in [-0.25, -0.2) is 4.39 Å². The van der Waals surface area contributed by atoms with Crippen LogP contribution in [0.25, 0.3) is 0 Å². The van der Waals surface area contributed by atoms with Crippen molar-refractivity contribution in [3.63, 3.8) is 0 Å². The summed E-state index contributed by atoms with van der Waals surface area (Å²) < 4.78 is 18.9. The molecular weight excluding hydrogens is 255 g/mol. The molecule has 20 heavy (non-hydrogen) atoms. The number of nitrogen functional groups attached to an aromatic ring is 1. The summed E-state index contributed by atoms with van der Waals surface area (Å²) in [5.74, 6) is -0.246. The van der Waals surface area contributed by atoms with Crippen molar-refractivity contribution < 1.29 is 9.13 Å². The van der Waals surface area contributed by atoms with E-state index in [0.717, 1.165) is 16.8 Å². The monoisotopic (exact) mass is 274 g/mol. The number of benzene rings is 2. The van der Waals surface area contributed by atoms with Gasteiger partial charge in [0.05, 0.1) is 18.0 Å². The number of hydrogen-bond donors (Lipinski definition) is 2. The van der Waals surface area contributed by atoms with E-state index in [1.54, 1.807) is 6.07 Å². The van der Waals surface area contributed by atoms with Crippen molar-refractivity contribution in [2.45, 2.75) is 20.8 Å². The van der Waals surface area contributed by atoms with Crippen LogP contribution in [0, 0.1) is 19.7 Å². The van der Waals surface area contributed by atoms with Crippen LogP contribution in [0.15, 0.2) is 30.3 Å². The van der Waals surface area contributed by atoms with Crippen LogP contribution < -0.4 is 15.8 Å². The van der Waals surface area contributed by atoms with Gasteiger partial charge in [0.1, 0.15) is 0 Å². The summed E-state index contributed by atoms with van der Waals surface area (Å²) in [6, 6.07) is 8.97. The fourth-order valence-corrected chi connectivity index (χ4v) is 2.15. The Kier molecular flexibility index (Phi) is 4.13. The van der Waals surface area contributed by atoms with Gasteiger partial charge in [-0.15, -0.1) is 0 Å². The zero-order chi connectivity index (χ0) is 14.7. The van der Waals surface area contributed by atoms with Gasteiger partial charge in [0.2, 0.25) is 0 Å². The second-order valence-corrected chi connectivity index (χ2v) is 4.80. The predicted octanol–water partition coefficient (Wildman–Crippen LogP) is 4.17. The molecule has 4 heteroatoms. The summed E-state index contributed by atoms with van der Waals surface area (Å²) >= 11 is 0. The SMILES string of the molecule is CCOc1cc(Nc2cc(C)cc(C)c2)c(N)cc1F. The molecule has 2 rings (SSSR count). The van der Waals surface area contributed by atoms with Crippen molar-refractivity contribution in [1.29, 1.82) is 0 Å². The van der Waals surface area contributed by atoms with E-state index < -0.39 is 5.82 Å². The maximum absolute atomic E-state index is 13.7. The van der Waals surface area contributed by atoms with Gasteiger partial charge in [-0.2, -0.15) is 0 Å². The average molecular weight is 274 g/mol. The van der Waals surface area contributed by atoms with Crippen LogP contribution in [0.3, 0.4) is 0 Å². The number of ether oxygens (including phenoxy) is 1. The van der Waals surface area contributed by atoms with Gasteiger partial charge in [0, 0.05) is 17.8 Å². The Morgan fingerprint density at radius 2 is 1.75 bits per heavy atom. The normalized spacial score (nSPS) is 10.4. The van der Waals surface area contributed by atoms with Crippen molar-refractivity contribution in [1.82, 2.24) is 0 Å². The number of halogens is 1. The molecule has 0 unspecified atom stereocenters. The van der Waals surface area contributed by atoms with Crippen molar-refractivity contribution in [2.75, 3.05) is 17.7 Å².